The summed E-state index contributed by atoms with van der Waals surface area (Å²) in [5.41, 5.74) is 0.0759. The number of piperidine rings is 4. The molecule has 8 aliphatic heterocycles. The monoisotopic (exact) mass is 2030 g/mol. The summed E-state index contributed by atoms with van der Waals surface area (Å²) < 4.78 is 298. The molecule has 4 atom stereocenters. The number of halogens is 18. The number of anilines is 8. The lowest BCUT2D eigenvalue weighted by atomic mass is 10.0. The van der Waals surface area contributed by atoms with Gasteiger partial charge in [0.25, 0.3) is 23.7 Å². The van der Waals surface area contributed by atoms with Crippen LogP contribution in [0.15, 0.2) is 122 Å². The van der Waals surface area contributed by atoms with Crippen LogP contribution in [0.1, 0.15) is 36.8 Å². The molecule has 8 saturated heterocycles. The number of hydrogen-bond acceptors (Lipinski definition) is 28. The van der Waals surface area contributed by atoms with Gasteiger partial charge in [0.2, 0.25) is 0 Å². The average Bonchev–Trinajstić information content (AvgIpc) is 0.778. The van der Waals surface area contributed by atoms with Crippen molar-refractivity contribution in [2.75, 3.05) is 155 Å². The number of rotatable bonds is 24. The number of terminal acetylenes is 2. The molecule has 12 aromatic rings. The van der Waals surface area contributed by atoms with Crippen LogP contribution in [0.4, 0.5) is 116 Å². The average molecular weight is 2030 g/mol. The summed E-state index contributed by atoms with van der Waals surface area (Å²) in [4.78, 5) is 40.1. The van der Waals surface area contributed by atoms with E-state index < -0.39 is 142 Å². The van der Waals surface area contributed by atoms with Gasteiger partial charge in [-0.05, 0) is 72.8 Å². The number of benzene rings is 8. The van der Waals surface area contributed by atoms with Crippen LogP contribution in [0.25, 0.3) is 43.6 Å². The molecule has 8 aliphatic rings. The van der Waals surface area contributed by atoms with E-state index in [1.165, 1.54) is 127 Å². The van der Waals surface area contributed by atoms with Crippen molar-refractivity contribution in [1.82, 2.24) is 59.5 Å². The van der Waals surface area contributed by atoms with Gasteiger partial charge < -0.3 is 78.1 Å². The van der Waals surface area contributed by atoms with Crippen LogP contribution in [-0.2, 0) is 18.9 Å². The Hall–Kier alpha value is -13.0. The maximum atomic E-state index is 15.0. The lowest BCUT2D eigenvalue weighted by Crippen LogP contribution is -2.60. The van der Waals surface area contributed by atoms with Gasteiger partial charge in [-0.25, -0.2) is 110 Å². The molecule has 4 N–H and O–H groups in total. The molecule has 8 aromatic carbocycles. The standard InChI is InChI=1S/2C25H22F4N4O3.2C23H21ClF4N4O3/c2*1-3-15-17(26)4-5-18(23(15)27)32-24-16-8-21(20(34-2)9-19(16)30-13-31-24)36-22-6-7-33(12-25(22,28)29)14-10-35-11-14;2*1-33-17-7-16-13(22(30-11-29-16)31-15-3-2-14(25)20(24)21(15)26)6-18(17)35-19-4-5-32(10-23(19,27)28)12-8-34-9-12/h2*1,4-5,8-9,13-14,22H,6-7,10-12H2,2H3,(H,30,31,32);2*2-3,6-7,11-12,19H,4-5,8-10H2,1H3,(H,29,30,31)/t2*22-;2*19-/m1010/s1. The molecule has 0 saturated carbocycles. The second kappa shape index (κ2) is 42.3. The van der Waals surface area contributed by atoms with Gasteiger partial charge in [0.05, 0.1) is 188 Å². The summed E-state index contributed by atoms with van der Waals surface area (Å²) in [5, 5.41) is 11.2. The summed E-state index contributed by atoms with van der Waals surface area (Å²) in [6.07, 6.45) is 10.3. The molecule has 748 valence electrons. The van der Waals surface area contributed by atoms with Crippen molar-refractivity contribution in [2.24, 2.45) is 0 Å². The highest BCUT2D eigenvalue weighted by Crippen LogP contribution is 2.47. The predicted octanol–water partition coefficient (Wildman–Crippen LogP) is 17.9. The third kappa shape index (κ3) is 21.4. The van der Waals surface area contributed by atoms with E-state index in [9.17, 15) is 52.7 Å². The minimum absolute atomic E-state index is 0.000319. The molecule has 0 spiro atoms. The first-order chi connectivity index (χ1) is 68.1. The zero-order valence-corrected chi connectivity index (χ0v) is 77.0. The van der Waals surface area contributed by atoms with Crippen LogP contribution in [0.2, 0.25) is 10.0 Å². The molecule has 4 aromatic heterocycles. The van der Waals surface area contributed by atoms with Crippen molar-refractivity contribution < 1.29 is 127 Å². The molecule has 12 heterocycles. The van der Waals surface area contributed by atoms with Crippen molar-refractivity contribution in [3.05, 3.63) is 190 Å². The van der Waals surface area contributed by atoms with Gasteiger partial charge in [0.1, 0.15) is 81.9 Å². The predicted molar refractivity (Wildman–Crippen MR) is 489 cm³/mol. The van der Waals surface area contributed by atoms with Gasteiger partial charge in [-0.15, -0.1) is 12.8 Å². The fourth-order valence-electron chi connectivity index (χ4n) is 16.9. The van der Waals surface area contributed by atoms with E-state index in [0.29, 0.717) is 123 Å². The summed E-state index contributed by atoms with van der Waals surface area (Å²) in [6.45, 7) is 3.69. The number of likely N-dealkylation sites (tertiary alicyclic amines) is 4. The van der Waals surface area contributed by atoms with Crippen LogP contribution in [-0.4, -0.2) is 265 Å². The highest BCUT2D eigenvalue weighted by molar-refractivity contribution is 6.31. The number of hydrogen-bond donors (Lipinski definition) is 4. The minimum atomic E-state index is -3.11. The first-order valence-electron chi connectivity index (χ1n) is 44.1. The molecule has 46 heteroatoms. The molecule has 20 rings (SSSR count). The first-order valence-corrected chi connectivity index (χ1v) is 44.9. The Kier molecular flexibility index (Phi) is 29.9. The Labute approximate surface area is 809 Å². The molecule has 8 fully saturated rings. The van der Waals surface area contributed by atoms with Crippen molar-refractivity contribution in [2.45, 2.75) is 98.0 Å². The number of methoxy groups -OCH3 is 4. The van der Waals surface area contributed by atoms with Gasteiger partial charge in [-0.2, -0.15) is 0 Å². The van der Waals surface area contributed by atoms with Gasteiger partial charge in [0.15, 0.2) is 93.7 Å². The zero-order valence-electron chi connectivity index (χ0n) is 75.5. The number of alkyl halides is 8. The quantitative estimate of drug-likeness (QED) is 0.0249. The van der Waals surface area contributed by atoms with Crippen LogP contribution >= 0.6 is 23.2 Å². The molecule has 0 amide bonds. The lowest BCUT2D eigenvalue weighted by molar-refractivity contribution is -0.170. The molecule has 0 bridgehead atoms. The molecule has 28 nitrogen and oxygen atoms in total. The van der Waals surface area contributed by atoms with Gasteiger partial charge in [0, 0.05) is 97.7 Å². The fraction of sp³-hybridized carbons (Fsp3) is 0.375. The molecule has 0 radical (unpaired) electrons. The summed E-state index contributed by atoms with van der Waals surface area (Å²) in [7, 11) is 5.56. The summed E-state index contributed by atoms with van der Waals surface area (Å²) in [5.74, 6) is -14.2. The van der Waals surface area contributed by atoms with Crippen molar-refractivity contribution in [1.29, 1.82) is 0 Å². The van der Waals surface area contributed by atoms with Gasteiger partial charge >= 0.3 is 0 Å². The second-order valence-electron chi connectivity index (χ2n) is 34.0. The van der Waals surface area contributed by atoms with Crippen LogP contribution in [0.5, 0.6) is 46.0 Å². The van der Waals surface area contributed by atoms with E-state index in [-0.39, 0.29) is 142 Å². The molecule has 142 heavy (non-hydrogen) atoms. The van der Waals surface area contributed by atoms with E-state index in [0.717, 1.165) is 24.3 Å². The Balaban J connectivity index is 0.000000130. The number of ether oxygens (including phenoxy) is 12. The maximum absolute atomic E-state index is 15.0. The second-order valence-corrected chi connectivity index (χ2v) is 34.8. The maximum Gasteiger partial charge on any atom is 0.296 e. The van der Waals surface area contributed by atoms with Crippen LogP contribution in [0.3, 0.4) is 0 Å². The van der Waals surface area contributed by atoms with Crippen molar-refractivity contribution in [3.8, 4) is 70.7 Å². The van der Waals surface area contributed by atoms with Crippen LogP contribution < -0.4 is 59.2 Å². The topological polar surface area (TPSA) is 275 Å². The largest absolute Gasteiger partial charge is 0.493 e. The molecular weight excluding hydrogens is 1940 g/mol. The third-order valence-electron chi connectivity index (χ3n) is 25.1. The minimum Gasteiger partial charge on any atom is -0.493 e. The molecule has 0 aliphatic carbocycles. The Bertz CT molecular complexity index is 6400. The molecular formula is C96H86Cl2F16N16O12. The summed E-state index contributed by atoms with van der Waals surface area (Å²) in [6, 6.07) is 20.7. The van der Waals surface area contributed by atoms with Crippen molar-refractivity contribution in [3.63, 3.8) is 0 Å². The third-order valence-corrected chi connectivity index (χ3v) is 25.8. The lowest BCUT2D eigenvalue weighted by Gasteiger charge is -2.44. The number of nitrogens with zero attached hydrogens (tertiary/aromatic N) is 12. The van der Waals surface area contributed by atoms with E-state index in [1.54, 1.807) is 19.6 Å². The SMILES string of the molecule is C#Cc1c(F)ccc(Nc2ncnc3cc(OC)c(O[C@@H]4CCN(C5COC5)CC4(F)F)cc23)c1F.C#Cc1c(F)ccc(Nc2ncnc3cc(OC)c(O[C@H]4CCN(C5COC5)CC4(F)F)cc23)c1F.COc1cc2ncnc(Nc3ccc(F)c(Cl)c3F)c2cc1O[C@@H]1CCN(C2COC2)CC1(F)F.COc1cc2ncnc(Nc3ccc(F)c(Cl)c3F)c2cc1O[C@H]1CCN(C2COC2)CC1(F)F. The smallest absolute Gasteiger partial charge is 0.296 e. The van der Waals surface area contributed by atoms with E-state index in [2.05, 4.69) is 61.1 Å². The van der Waals surface area contributed by atoms with E-state index >= 15 is 17.6 Å². The Morgan fingerprint density at radius 2 is 0.549 bits per heavy atom. The van der Waals surface area contributed by atoms with Gasteiger partial charge in [-0.3, -0.25) is 19.6 Å². The Morgan fingerprint density at radius 3 is 0.754 bits per heavy atom. The van der Waals surface area contributed by atoms with E-state index in [1.807, 2.05) is 11.8 Å². The number of fused-ring (bicyclic) bond motifs is 4. The number of nitrogens with one attached hydrogen (secondary N) is 4. The number of aromatic nitrogens is 8. The zero-order chi connectivity index (χ0) is 100. The first kappa shape index (κ1) is 101. The van der Waals surface area contributed by atoms with Crippen molar-refractivity contribution >= 4 is 113 Å². The normalized spacial score (nSPS) is 20.2. The Morgan fingerprint density at radius 1 is 0.324 bits per heavy atom. The molecule has 0 unspecified atom stereocenters. The van der Waals surface area contributed by atoms with Gasteiger partial charge in [-0.1, -0.05) is 35.0 Å². The van der Waals surface area contributed by atoms with E-state index in [4.69, 9.17) is 92.9 Å². The summed E-state index contributed by atoms with van der Waals surface area (Å²) >= 11 is 11.3. The fourth-order valence-corrected chi connectivity index (χ4v) is 17.3. The van der Waals surface area contributed by atoms with Crippen LogP contribution in [0, 0.1) is 71.2 Å². The highest BCUT2D eigenvalue weighted by Gasteiger charge is 2.53. The highest BCUT2D eigenvalue weighted by atomic mass is 35.5.